The summed E-state index contributed by atoms with van der Waals surface area (Å²) in [7, 11) is -3.75. The largest absolute Gasteiger partial charge is 0.462 e. The quantitative estimate of drug-likeness (QED) is 0.779. The van der Waals surface area contributed by atoms with Crippen molar-refractivity contribution in [3.05, 3.63) is 29.8 Å². The first-order valence-electron chi connectivity index (χ1n) is 6.63. The van der Waals surface area contributed by atoms with Crippen LogP contribution in [0.15, 0.2) is 24.3 Å². The van der Waals surface area contributed by atoms with E-state index in [9.17, 15) is 13.2 Å². The molecule has 1 rings (SSSR count). The second-order valence-corrected chi connectivity index (χ2v) is 6.25. The van der Waals surface area contributed by atoms with Crippen molar-refractivity contribution in [2.24, 2.45) is 0 Å². The van der Waals surface area contributed by atoms with E-state index < -0.39 is 21.2 Å². The second-order valence-electron chi connectivity index (χ2n) is 4.39. The number of hydrogen-bond donors (Lipinski definition) is 1. The number of benzene rings is 1. The number of ether oxygens (including phenoxy) is 1. The van der Waals surface area contributed by atoms with E-state index in [0.717, 1.165) is 6.42 Å². The van der Waals surface area contributed by atoms with Crippen molar-refractivity contribution in [3.8, 4) is 6.07 Å². The number of sulfonamides is 1. The van der Waals surface area contributed by atoms with E-state index >= 15 is 0 Å². The molecule has 1 unspecified atom stereocenters. The number of anilines is 1. The minimum atomic E-state index is -3.75. The maximum Gasteiger partial charge on any atom is 0.338 e. The average Bonchev–Trinajstić information content (AvgIpc) is 2.46. The van der Waals surface area contributed by atoms with Crippen molar-refractivity contribution < 1.29 is 17.9 Å². The van der Waals surface area contributed by atoms with Crippen LogP contribution in [0.4, 0.5) is 5.69 Å². The molecule has 0 amide bonds. The Morgan fingerprint density at radius 1 is 1.33 bits per heavy atom. The lowest BCUT2D eigenvalue weighted by Gasteiger charge is -2.11. The molecule has 0 heterocycles. The maximum atomic E-state index is 11.9. The van der Waals surface area contributed by atoms with E-state index in [0.29, 0.717) is 17.9 Å². The maximum absolute atomic E-state index is 11.9. The first kappa shape index (κ1) is 17.0. The van der Waals surface area contributed by atoms with E-state index in [1.807, 2.05) is 6.92 Å². The molecule has 1 atom stereocenters. The van der Waals surface area contributed by atoms with Gasteiger partial charge in [-0.15, -0.1) is 0 Å². The molecule has 0 radical (unpaired) electrons. The molecule has 1 N–H and O–H groups in total. The molecule has 0 fully saturated rings. The molecule has 1 aromatic carbocycles. The summed E-state index contributed by atoms with van der Waals surface area (Å²) in [6.45, 7) is 3.86. The van der Waals surface area contributed by atoms with Crippen LogP contribution in [0.1, 0.15) is 37.0 Å². The lowest BCUT2D eigenvalue weighted by atomic mass is 10.2. The molecule has 0 aliphatic carbocycles. The molecule has 0 aliphatic heterocycles. The molecular weight excluding hydrogens is 292 g/mol. The topological polar surface area (TPSA) is 96.3 Å². The zero-order valence-electron chi connectivity index (χ0n) is 12.0. The minimum absolute atomic E-state index is 0.202. The standard InChI is InChI=1S/C14H18N2O4S/c1-3-9-20-14(17)11-5-7-12(8-6-11)16-21(18,19)13(4-2)10-15/h5-8,13,16H,3-4,9H2,1-2H3. The minimum Gasteiger partial charge on any atom is -0.462 e. The molecule has 0 spiro atoms. The van der Waals surface area contributed by atoms with E-state index in [-0.39, 0.29) is 6.42 Å². The summed E-state index contributed by atoms with van der Waals surface area (Å²) in [5, 5.41) is 7.70. The monoisotopic (exact) mass is 310 g/mol. The highest BCUT2D eigenvalue weighted by molar-refractivity contribution is 7.93. The van der Waals surface area contributed by atoms with Gasteiger partial charge in [0.2, 0.25) is 10.0 Å². The Balaban J connectivity index is 2.80. The van der Waals surface area contributed by atoms with Gasteiger partial charge in [0.25, 0.3) is 0 Å². The zero-order chi connectivity index (χ0) is 15.9. The fourth-order valence-corrected chi connectivity index (χ4v) is 2.75. The summed E-state index contributed by atoms with van der Waals surface area (Å²) in [6.07, 6.45) is 0.934. The third kappa shape index (κ3) is 4.76. The first-order chi connectivity index (χ1) is 9.94. The lowest BCUT2D eigenvalue weighted by molar-refractivity contribution is 0.0505. The molecule has 21 heavy (non-hydrogen) atoms. The van der Waals surface area contributed by atoms with Crippen LogP contribution in [0, 0.1) is 11.3 Å². The number of nitrogens with one attached hydrogen (secondary N) is 1. The number of nitrogens with zero attached hydrogens (tertiary/aromatic N) is 1. The number of esters is 1. The fraction of sp³-hybridized carbons (Fsp3) is 0.429. The van der Waals surface area contributed by atoms with Gasteiger partial charge in [-0.05, 0) is 37.1 Å². The highest BCUT2D eigenvalue weighted by Crippen LogP contribution is 2.15. The van der Waals surface area contributed by atoms with Crippen LogP contribution in [-0.2, 0) is 14.8 Å². The van der Waals surface area contributed by atoms with Gasteiger partial charge in [-0.2, -0.15) is 5.26 Å². The Morgan fingerprint density at radius 3 is 2.43 bits per heavy atom. The predicted molar refractivity (Wildman–Crippen MR) is 79.3 cm³/mol. The Bertz CT molecular complexity index is 617. The van der Waals surface area contributed by atoms with Crippen LogP contribution in [0.25, 0.3) is 0 Å². The summed E-state index contributed by atoms with van der Waals surface area (Å²) in [4.78, 5) is 11.6. The molecule has 0 saturated carbocycles. The van der Waals surface area contributed by atoms with Crippen molar-refractivity contribution in [1.29, 1.82) is 5.26 Å². The van der Waals surface area contributed by atoms with Crippen molar-refractivity contribution in [3.63, 3.8) is 0 Å². The third-order valence-electron chi connectivity index (χ3n) is 2.71. The van der Waals surface area contributed by atoms with Crippen molar-refractivity contribution in [2.75, 3.05) is 11.3 Å². The highest BCUT2D eigenvalue weighted by atomic mass is 32.2. The van der Waals surface area contributed by atoms with Crippen LogP contribution < -0.4 is 4.72 Å². The molecule has 0 aromatic heterocycles. The summed E-state index contributed by atoms with van der Waals surface area (Å²) in [6, 6.07) is 7.62. The van der Waals surface area contributed by atoms with Crippen LogP contribution in [0.2, 0.25) is 0 Å². The zero-order valence-corrected chi connectivity index (χ0v) is 12.8. The number of carbonyl (C=O) groups excluding carboxylic acids is 1. The fourth-order valence-electron chi connectivity index (χ4n) is 1.57. The van der Waals surface area contributed by atoms with Crippen LogP contribution in [0.3, 0.4) is 0 Å². The number of rotatable bonds is 7. The SMILES string of the molecule is CCCOC(=O)c1ccc(NS(=O)(=O)C(C#N)CC)cc1. The summed E-state index contributed by atoms with van der Waals surface area (Å²) >= 11 is 0. The molecule has 0 saturated heterocycles. The van der Waals surface area contributed by atoms with Crippen molar-refractivity contribution in [2.45, 2.75) is 31.9 Å². The second kappa shape index (κ2) is 7.64. The smallest absolute Gasteiger partial charge is 0.338 e. The molecule has 114 valence electrons. The molecule has 1 aromatic rings. The highest BCUT2D eigenvalue weighted by Gasteiger charge is 2.23. The van der Waals surface area contributed by atoms with Gasteiger partial charge in [-0.25, -0.2) is 13.2 Å². The Kier molecular flexibility index (Phi) is 6.18. The number of carbonyl (C=O) groups is 1. The van der Waals surface area contributed by atoms with Gasteiger partial charge in [-0.3, -0.25) is 4.72 Å². The van der Waals surface area contributed by atoms with Crippen LogP contribution in [0.5, 0.6) is 0 Å². The molecule has 7 heteroatoms. The van der Waals surface area contributed by atoms with E-state index in [1.54, 1.807) is 13.0 Å². The molecule has 0 aliphatic rings. The van der Waals surface area contributed by atoms with Gasteiger partial charge < -0.3 is 4.74 Å². The van der Waals surface area contributed by atoms with Gasteiger partial charge in [0.1, 0.15) is 0 Å². The van der Waals surface area contributed by atoms with E-state index in [1.165, 1.54) is 24.3 Å². The average molecular weight is 310 g/mol. The van der Waals surface area contributed by atoms with Gasteiger partial charge in [0.05, 0.1) is 18.2 Å². The Labute approximate surface area is 124 Å². The summed E-state index contributed by atoms with van der Waals surface area (Å²) in [5.41, 5.74) is 0.648. The van der Waals surface area contributed by atoms with Gasteiger partial charge in [0.15, 0.2) is 5.25 Å². The van der Waals surface area contributed by atoms with Gasteiger partial charge >= 0.3 is 5.97 Å². The Hall–Kier alpha value is -2.07. The summed E-state index contributed by atoms with van der Waals surface area (Å²) < 4.78 is 31.1. The molecular formula is C14H18N2O4S. The Morgan fingerprint density at radius 2 is 1.95 bits per heavy atom. The third-order valence-corrected chi connectivity index (χ3v) is 4.42. The van der Waals surface area contributed by atoms with Gasteiger partial charge in [-0.1, -0.05) is 13.8 Å². The summed E-state index contributed by atoms with van der Waals surface area (Å²) in [5.74, 6) is -0.449. The predicted octanol–water partition coefficient (Wildman–Crippen LogP) is 2.30. The van der Waals surface area contributed by atoms with E-state index in [4.69, 9.17) is 10.00 Å². The molecule has 6 nitrogen and oxygen atoms in total. The van der Waals surface area contributed by atoms with Crippen molar-refractivity contribution >= 4 is 21.7 Å². The first-order valence-corrected chi connectivity index (χ1v) is 8.17. The van der Waals surface area contributed by atoms with Crippen LogP contribution >= 0.6 is 0 Å². The van der Waals surface area contributed by atoms with E-state index in [2.05, 4.69) is 4.72 Å². The van der Waals surface area contributed by atoms with Crippen molar-refractivity contribution in [1.82, 2.24) is 0 Å². The molecule has 0 bridgehead atoms. The van der Waals surface area contributed by atoms with Crippen LogP contribution in [-0.4, -0.2) is 26.2 Å². The normalized spacial score (nSPS) is 12.2. The lowest BCUT2D eigenvalue weighted by Crippen LogP contribution is -2.25. The number of nitriles is 1. The van der Waals surface area contributed by atoms with Gasteiger partial charge in [0, 0.05) is 5.69 Å². The number of hydrogen-bond acceptors (Lipinski definition) is 5.